The van der Waals surface area contributed by atoms with Crippen LogP contribution in [-0.4, -0.2) is 22.5 Å². The summed E-state index contributed by atoms with van der Waals surface area (Å²) in [6.07, 6.45) is 0. The average Bonchev–Trinajstić information content (AvgIpc) is 2.88. The van der Waals surface area contributed by atoms with E-state index in [1.807, 2.05) is 56.3 Å². The van der Waals surface area contributed by atoms with Gasteiger partial charge < -0.3 is 9.72 Å². The van der Waals surface area contributed by atoms with Gasteiger partial charge in [0.2, 0.25) is 5.95 Å². The minimum Gasteiger partial charge on any atom is -0.483 e. The third-order valence-electron chi connectivity index (χ3n) is 3.34. The highest BCUT2D eigenvalue weighted by Crippen LogP contribution is 2.18. The maximum absolute atomic E-state index is 11.9. The van der Waals surface area contributed by atoms with Crippen LogP contribution in [-0.2, 0) is 4.79 Å². The van der Waals surface area contributed by atoms with E-state index in [0.717, 1.165) is 22.2 Å². The zero-order chi connectivity index (χ0) is 15.5. The number of anilines is 1. The SMILES string of the molecule is Cc1ccc(OCC(=O)Nc2nc3ccccc3[nH]2)c(C)c1. The van der Waals surface area contributed by atoms with Gasteiger partial charge in [-0.25, -0.2) is 4.98 Å². The molecule has 0 radical (unpaired) electrons. The van der Waals surface area contributed by atoms with Gasteiger partial charge in [-0.1, -0.05) is 29.8 Å². The Kier molecular flexibility index (Phi) is 3.78. The van der Waals surface area contributed by atoms with E-state index in [1.165, 1.54) is 0 Å². The van der Waals surface area contributed by atoms with Gasteiger partial charge in [0.1, 0.15) is 5.75 Å². The molecule has 22 heavy (non-hydrogen) atoms. The number of para-hydroxylation sites is 2. The van der Waals surface area contributed by atoms with E-state index in [-0.39, 0.29) is 12.5 Å². The number of benzene rings is 2. The van der Waals surface area contributed by atoms with E-state index in [9.17, 15) is 4.79 Å². The summed E-state index contributed by atoms with van der Waals surface area (Å²) in [6, 6.07) is 13.5. The standard InChI is InChI=1S/C17H17N3O2/c1-11-7-8-15(12(2)9-11)22-10-16(21)20-17-18-13-5-3-4-6-14(13)19-17/h3-9H,10H2,1-2H3,(H2,18,19,20,21). The summed E-state index contributed by atoms with van der Waals surface area (Å²) in [5.41, 5.74) is 3.87. The molecule has 0 fully saturated rings. The Balaban J connectivity index is 1.62. The molecule has 1 heterocycles. The van der Waals surface area contributed by atoms with Crippen LogP contribution in [0.4, 0.5) is 5.95 Å². The number of amides is 1. The largest absolute Gasteiger partial charge is 0.483 e. The summed E-state index contributed by atoms with van der Waals surface area (Å²) in [6.45, 7) is 3.92. The van der Waals surface area contributed by atoms with E-state index < -0.39 is 0 Å². The molecule has 0 saturated carbocycles. The third-order valence-corrected chi connectivity index (χ3v) is 3.34. The minimum absolute atomic E-state index is 0.0546. The first-order chi connectivity index (χ1) is 10.6. The first-order valence-corrected chi connectivity index (χ1v) is 7.06. The fourth-order valence-electron chi connectivity index (χ4n) is 2.28. The Morgan fingerprint density at radius 1 is 1.23 bits per heavy atom. The number of nitrogens with zero attached hydrogens (tertiary/aromatic N) is 1. The van der Waals surface area contributed by atoms with E-state index in [2.05, 4.69) is 15.3 Å². The van der Waals surface area contributed by atoms with Crippen molar-refractivity contribution in [2.75, 3.05) is 11.9 Å². The molecule has 0 unspecified atom stereocenters. The van der Waals surface area contributed by atoms with Crippen LogP contribution in [0, 0.1) is 13.8 Å². The number of carbonyl (C=O) groups is 1. The van der Waals surface area contributed by atoms with Crippen molar-refractivity contribution >= 4 is 22.9 Å². The molecule has 1 aromatic heterocycles. The van der Waals surface area contributed by atoms with Gasteiger partial charge in [0, 0.05) is 0 Å². The van der Waals surface area contributed by atoms with Crippen LogP contribution in [0.5, 0.6) is 5.75 Å². The van der Waals surface area contributed by atoms with Crippen molar-refractivity contribution in [3.63, 3.8) is 0 Å². The molecular weight excluding hydrogens is 278 g/mol. The van der Waals surface area contributed by atoms with Crippen molar-refractivity contribution in [1.29, 1.82) is 0 Å². The number of imidazole rings is 1. The molecule has 3 aromatic rings. The zero-order valence-electron chi connectivity index (χ0n) is 12.5. The molecule has 0 bridgehead atoms. The molecule has 0 aliphatic rings. The van der Waals surface area contributed by atoms with Gasteiger partial charge in [-0.3, -0.25) is 10.1 Å². The molecule has 2 aromatic carbocycles. The van der Waals surface area contributed by atoms with Gasteiger partial charge in [-0.05, 0) is 37.6 Å². The van der Waals surface area contributed by atoms with Gasteiger partial charge in [0.15, 0.2) is 6.61 Å². The number of carbonyl (C=O) groups excluding carboxylic acids is 1. The van der Waals surface area contributed by atoms with Gasteiger partial charge in [-0.15, -0.1) is 0 Å². The normalized spacial score (nSPS) is 10.6. The van der Waals surface area contributed by atoms with Gasteiger partial charge >= 0.3 is 0 Å². The van der Waals surface area contributed by atoms with Crippen LogP contribution in [0.2, 0.25) is 0 Å². The Labute approximate surface area is 128 Å². The van der Waals surface area contributed by atoms with Crippen LogP contribution in [0.25, 0.3) is 11.0 Å². The van der Waals surface area contributed by atoms with Crippen molar-refractivity contribution in [3.05, 3.63) is 53.6 Å². The molecule has 0 spiro atoms. The van der Waals surface area contributed by atoms with Crippen molar-refractivity contribution < 1.29 is 9.53 Å². The topological polar surface area (TPSA) is 67.0 Å². The number of hydrogen-bond donors (Lipinski definition) is 2. The summed E-state index contributed by atoms with van der Waals surface area (Å²) in [4.78, 5) is 19.3. The molecule has 0 saturated heterocycles. The second-order valence-electron chi connectivity index (χ2n) is 5.21. The first kappa shape index (κ1) is 14.1. The van der Waals surface area contributed by atoms with Crippen LogP contribution in [0.3, 0.4) is 0 Å². The molecule has 3 rings (SSSR count). The summed E-state index contributed by atoms with van der Waals surface area (Å²) in [5, 5.41) is 2.70. The first-order valence-electron chi connectivity index (χ1n) is 7.06. The van der Waals surface area contributed by atoms with E-state index >= 15 is 0 Å². The summed E-state index contributed by atoms with van der Waals surface area (Å²) in [7, 11) is 0. The lowest BCUT2D eigenvalue weighted by Gasteiger charge is -2.09. The second-order valence-corrected chi connectivity index (χ2v) is 5.21. The molecule has 5 nitrogen and oxygen atoms in total. The lowest BCUT2D eigenvalue weighted by molar-refractivity contribution is -0.118. The van der Waals surface area contributed by atoms with Crippen LogP contribution >= 0.6 is 0 Å². The lowest BCUT2D eigenvalue weighted by atomic mass is 10.1. The number of nitrogens with one attached hydrogen (secondary N) is 2. The minimum atomic E-state index is -0.251. The number of H-pyrrole nitrogens is 1. The molecular formula is C17H17N3O2. The monoisotopic (exact) mass is 295 g/mol. The Morgan fingerprint density at radius 2 is 2.05 bits per heavy atom. The number of hydrogen-bond acceptors (Lipinski definition) is 3. The number of ether oxygens (including phenoxy) is 1. The average molecular weight is 295 g/mol. The number of aryl methyl sites for hydroxylation is 2. The number of rotatable bonds is 4. The van der Waals surface area contributed by atoms with E-state index in [0.29, 0.717) is 11.7 Å². The van der Waals surface area contributed by atoms with Gasteiger partial charge in [0.05, 0.1) is 11.0 Å². The molecule has 5 heteroatoms. The molecule has 0 atom stereocenters. The van der Waals surface area contributed by atoms with E-state index in [1.54, 1.807) is 0 Å². The smallest absolute Gasteiger partial charge is 0.264 e. The second kappa shape index (κ2) is 5.89. The van der Waals surface area contributed by atoms with Crippen molar-refractivity contribution in [2.24, 2.45) is 0 Å². The molecule has 0 aliphatic carbocycles. The summed E-state index contributed by atoms with van der Waals surface area (Å²) in [5.74, 6) is 0.889. The van der Waals surface area contributed by atoms with Crippen LogP contribution in [0.1, 0.15) is 11.1 Å². The summed E-state index contributed by atoms with van der Waals surface area (Å²) >= 11 is 0. The highest BCUT2D eigenvalue weighted by atomic mass is 16.5. The number of fused-ring (bicyclic) bond motifs is 1. The van der Waals surface area contributed by atoms with Gasteiger partial charge in [-0.2, -0.15) is 0 Å². The van der Waals surface area contributed by atoms with E-state index in [4.69, 9.17) is 4.74 Å². The molecule has 0 aliphatic heterocycles. The third kappa shape index (κ3) is 3.09. The Bertz CT molecular complexity index is 791. The zero-order valence-corrected chi connectivity index (χ0v) is 12.5. The lowest BCUT2D eigenvalue weighted by Crippen LogP contribution is -2.21. The molecule has 1 amide bonds. The maximum Gasteiger partial charge on any atom is 0.264 e. The van der Waals surface area contributed by atoms with Crippen LogP contribution < -0.4 is 10.1 Å². The van der Waals surface area contributed by atoms with Crippen molar-refractivity contribution in [1.82, 2.24) is 9.97 Å². The number of aromatic amines is 1. The van der Waals surface area contributed by atoms with Crippen molar-refractivity contribution in [2.45, 2.75) is 13.8 Å². The predicted octanol–water partition coefficient (Wildman–Crippen LogP) is 3.20. The van der Waals surface area contributed by atoms with Crippen LogP contribution in [0.15, 0.2) is 42.5 Å². The molecule has 2 N–H and O–H groups in total. The fourth-order valence-corrected chi connectivity index (χ4v) is 2.28. The van der Waals surface area contributed by atoms with Gasteiger partial charge in [0.25, 0.3) is 5.91 Å². The highest BCUT2D eigenvalue weighted by Gasteiger charge is 2.08. The number of aromatic nitrogens is 2. The quantitative estimate of drug-likeness (QED) is 0.776. The highest BCUT2D eigenvalue weighted by molar-refractivity contribution is 5.92. The Morgan fingerprint density at radius 3 is 2.82 bits per heavy atom. The fraction of sp³-hybridized carbons (Fsp3) is 0.176. The molecule has 112 valence electrons. The predicted molar refractivity (Wildman–Crippen MR) is 86.1 cm³/mol. The summed E-state index contributed by atoms with van der Waals surface area (Å²) < 4.78 is 5.55. The van der Waals surface area contributed by atoms with Crippen molar-refractivity contribution in [3.8, 4) is 5.75 Å². The maximum atomic E-state index is 11.9. The Hall–Kier alpha value is -2.82.